The van der Waals surface area contributed by atoms with Crippen LogP contribution in [0.25, 0.3) is 0 Å². The minimum Gasteiger partial charge on any atom is -0.462 e. The van der Waals surface area contributed by atoms with Crippen molar-refractivity contribution >= 4 is 39.5 Å². The summed E-state index contributed by atoms with van der Waals surface area (Å²) in [6.07, 6.45) is 55.5. The standard InChI is InChI=1S/C78H152O17P2/c1-8-10-11-12-13-28-38-45-52-59-75(80)88-65-74(95-78(83)62-55-48-41-34-33-37-44-51-58-71(7)9-2)68-93-97(86,87)91-64-72(79)63-90-96(84,85)92-67-73(66-89-76(81)60-53-46-39-31-26-23-22-25-30-36-43-50-57-70(5)6)94-77(82)61-54-47-40-32-27-21-19-17-15-14-16-18-20-24-29-35-42-49-56-69(3)4/h69-74,79H,8-68H2,1-7H3,(H,84,85)(H,86,87)/t71?,72-,73-,74-/m1/s1. The maximum atomic E-state index is 13.1. The van der Waals surface area contributed by atoms with Crippen LogP contribution in [0.1, 0.15) is 402 Å². The van der Waals surface area contributed by atoms with Gasteiger partial charge >= 0.3 is 39.5 Å². The highest BCUT2D eigenvalue weighted by molar-refractivity contribution is 7.47. The van der Waals surface area contributed by atoms with Crippen molar-refractivity contribution in [2.75, 3.05) is 39.6 Å². The minimum absolute atomic E-state index is 0.105. The smallest absolute Gasteiger partial charge is 0.462 e. The SMILES string of the molecule is CCCCCCCCCCCC(=O)OC[C@H](COP(=O)(O)OC[C@H](O)COP(=O)(O)OC[C@@H](COC(=O)CCCCCCCCCCCCCCC(C)C)OC(=O)CCCCCCCCCCCCCCCCCCCCC(C)C)OC(=O)CCCCCCCCCCC(C)CC. The molecule has 97 heavy (non-hydrogen) atoms. The highest BCUT2D eigenvalue weighted by Gasteiger charge is 2.30. The molecule has 0 saturated heterocycles. The monoisotopic (exact) mass is 1420 g/mol. The van der Waals surface area contributed by atoms with E-state index < -0.39 is 97.5 Å². The number of phosphoric ester groups is 2. The molecular formula is C78H152O17P2. The number of rotatable bonds is 76. The third-order valence-electron chi connectivity index (χ3n) is 18.5. The molecule has 0 spiro atoms. The number of hydrogen-bond acceptors (Lipinski definition) is 15. The van der Waals surface area contributed by atoms with Crippen molar-refractivity contribution in [3.05, 3.63) is 0 Å². The first-order chi connectivity index (χ1) is 46.8. The van der Waals surface area contributed by atoms with E-state index in [2.05, 4.69) is 48.5 Å². The summed E-state index contributed by atoms with van der Waals surface area (Å²) in [5, 5.41) is 10.6. The molecule has 0 bridgehead atoms. The Hall–Kier alpha value is -1.94. The van der Waals surface area contributed by atoms with E-state index in [9.17, 15) is 43.2 Å². The lowest BCUT2D eigenvalue weighted by atomic mass is 9.99. The van der Waals surface area contributed by atoms with Crippen molar-refractivity contribution in [3.8, 4) is 0 Å². The first kappa shape index (κ1) is 95.1. The molecule has 0 rings (SSSR count). The minimum atomic E-state index is -4.96. The van der Waals surface area contributed by atoms with Gasteiger partial charge in [-0.1, -0.05) is 350 Å². The number of aliphatic hydroxyl groups excluding tert-OH is 1. The number of hydrogen-bond donors (Lipinski definition) is 3. The lowest BCUT2D eigenvalue weighted by molar-refractivity contribution is -0.161. The van der Waals surface area contributed by atoms with Gasteiger partial charge in [0.05, 0.1) is 26.4 Å². The number of carbonyl (C=O) groups excluding carboxylic acids is 4. The number of aliphatic hydroxyl groups is 1. The fraction of sp³-hybridized carbons (Fsp3) is 0.949. The van der Waals surface area contributed by atoms with Crippen LogP contribution in [0.3, 0.4) is 0 Å². The first-order valence-corrected chi connectivity index (χ1v) is 43.4. The summed E-state index contributed by atoms with van der Waals surface area (Å²) in [5.74, 6) is 0.254. The van der Waals surface area contributed by atoms with Gasteiger partial charge in [-0.2, -0.15) is 0 Å². The van der Waals surface area contributed by atoms with Crippen LogP contribution in [0.4, 0.5) is 0 Å². The maximum absolute atomic E-state index is 13.1. The molecule has 0 aliphatic rings. The lowest BCUT2D eigenvalue weighted by Crippen LogP contribution is -2.30. The Labute approximate surface area is 594 Å². The second-order valence-electron chi connectivity index (χ2n) is 29.3. The van der Waals surface area contributed by atoms with E-state index in [1.54, 1.807) is 0 Å². The summed E-state index contributed by atoms with van der Waals surface area (Å²) in [6.45, 7) is 11.9. The maximum Gasteiger partial charge on any atom is 0.472 e. The number of unbranched alkanes of at least 4 members (excludes halogenated alkanes) is 43. The highest BCUT2D eigenvalue weighted by atomic mass is 31.2. The molecule has 0 aromatic heterocycles. The number of ether oxygens (including phenoxy) is 4. The predicted octanol–water partition coefficient (Wildman–Crippen LogP) is 23.0. The lowest BCUT2D eigenvalue weighted by Gasteiger charge is -2.21. The Morgan fingerprint density at radius 1 is 0.299 bits per heavy atom. The van der Waals surface area contributed by atoms with Crippen molar-refractivity contribution in [2.24, 2.45) is 17.8 Å². The molecule has 0 aromatic rings. The van der Waals surface area contributed by atoms with Crippen LogP contribution in [0.5, 0.6) is 0 Å². The van der Waals surface area contributed by atoms with E-state index in [1.807, 2.05) is 0 Å². The van der Waals surface area contributed by atoms with Gasteiger partial charge in [0.15, 0.2) is 12.2 Å². The average Bonchev–Trinajstić information content (AvgIpc) is 1.80. The zero-order chi connectivity index (χ0) is 71.6. The zero-order valence-electron chi connectivity index (χ0n) is 63.5. The summed E-state index contributed by atoms with van der Waals surface area (Å²) in [5.41, 5.74) is 0. The largest absolute Gasteiger partial charge is 0.472 e. The van der Waals surface area contributed by atoms with Gasteiger partial charge in [0.1, 0.15) is 19.3 Å². The van der Waals surface area contributed by atoms with Crippen molar-refractivity contribution in [1.82, 2.24) is 0 Å². The Bertz CT molecular complexity index is 1890. The average molecular weight is 1420 g/mol. The molecule has 3 N–H and O–H groups in total. The number of carbonyl (C=O) groups is 4. The zero-order valence-corrected chi connectivity index (χ0v) is 65.3. The molecule has 0 amide bonds. The van der Waals surface area contributed by atoms with Crippen LogP contribution in [-0.2, 0) is 65.4 Å². The molecule has 17 nitrogen and oxygen atoms in total. The Kier molecular flexibility index (Phi) is 67.1. The third-order valence-corrected chi connectivity index (χ3v) is 20.4. The summed E-state index contributed by atoms with van der Waals surface area (Å²) >= 11 is 0. The topological polar surface area (TPSA) is 237 Å². The quantitative estimate of drug-likeness (QED) is 0.0222. The van der Waals surface area contributed by atoms with E-state index in [1.165, 1.54) is 212 Å². The highest BCUT2D eigenvalue weighted by Crippen LogP contribution is 2.45. The van der Waals surface area contributed by atoms with Gasteiger partial charge in [0.2, 0.25) is 0 Å². The van der Waals surface area contributed by atoms with Crippen LogP contribution in [0.2, 0.25) is 0 Å². The molecule has 0 saturated carbocycles. The first-order valence-electron chi connectivity index (χ1n) is 40.4. The van der Waals surface area contributed by atoms with E-state index in [-0.39, 0.29) is 25.7 Å². The van der Waals surface area contributed by atoms with Gasteiger partial charge in [-0.05, 0) is 43.4 Å². The van der Waals surface area contributed by atoms with Gasteiger partial charge in [-0.15, -0.1) is 0 Å². The van der Waals surface area contributed by atoms with Crippen molar-refractivity contribution in [3.63, 3.8) is 0 Å². The van der Waals surface area contributed by atoms with Crippen LogP contribution in [0, 0.1) is 17.8 Å². The molecule has 0 fully saturated rings. The fourth-order valence-corrected chi connectivity index (χ4v) is 13.5. The molecule has 6 atom stereocenters. The van der Waals surface area contributed by atoms with Gasteiger partial charge in [-0.25, -0.2) is 9.13 Å². The van der Waals surface area contributed by atoms with Crippen molar-refractivity contribution < 1.29 is 80.2 Å². The Morgan fingerprint density at radius 2 is 0.526 bits per heavy atom. The van der Waals surface area contributed by atoms with E-state index >= 15 is 0 Å². The van der Waals surface area contributed by atoms with Crippen LogP contribution in [-0.4, -0.2) is 96.7 Å². The van der Waals surface area contributed by atoms with E-state index in [0.717, 1.165) is 108 Å². The van der Waals surface area contributed by atoms with Gasteiger partial charge in [0, 0.05) is 25.7 Å². The molecule has 19 heteroatoms. The third kappa shape index (κ3) is 70.9. The van der Waals surface area contributed by atoms with E-state index in [4.69, 9.17) is 37.0 Å². The summed E-state index contributed by atoms with van der Waals surface area (Å²) in [6, 6.07) is 0. The molecule has 576 valence electrons. The molecule has 0 aliphatic carbocycles. The van der Waals surface area contributed by atoms with Crippen molar-refractivity contribution in [1.29, 1.82) is 0 Å². The summed E-state index contributed by atoms with van der Waals surface area (Å²) < 4.78 is 68.5. The number of phosphoric acid groups is 2. The molecule has 0 radical (unpaired) electrons. The molecule has 0 aliphatic heterocycles. The van der Waals surface area contributed by atoms with Crippen LogP contribution in [0.15, 0.2) is 0 Å². The molecule has 3 unspecified atom stereocenters. The molecule has 0 aromatic carbocycles. The van der Waals surface area contributed by atoms with Gasteiger partial charge < -0.3 is 33.8 Å². The normalized spacial score (nSPS) is 14.3. The predicted molar refractivity (Wildman–Crippen MR) is 395 cm³/mol. The second-order valence-corrected chi connectivity index (χ2v) is 32.2. The number of esters is 4. The Balaban J connectivity index is 5.21. The second kappa shape index (κ2) is 68.5. The molecule has 0 heterocycles. The fourth-order valence-electron chi connectivity index (χ4n) is 11.9. The van der Waals surface area contributed by atoms with Crippen molar-refractivity contribution in [2.45, 2.75) is 420 Å². The Morgan fingerprint density at radius 3 is 0.784 bits per heavy atom. The van der Waals surface area contributed by atoms with Crippen LogP contribution < -0.4 is 0 Å². The van der Waals surface area contributed by atoms with E-state index in [0.29, 0.717) is 25.7 Å². The molecular weight excluding hydrogens is 1270 g/mol. The van der Waals surface area contributed by atoms with Crippen LogP contribution >= 0.6 is 15.6 Å². The van der Waals surface area contributed by atoms with Gasteiger partial charge in [-0.3, -0.25) is 37.3 Å². The summed E-state index contributed by atoms with van der Waals surface area (Å²) in [4.78, 5) is 72.8. The van der Waals surface area contributed by atoms with Gasteiger partial charge in [0.25, 0.3) is 0 Å². The summed E-state index contributed by atoms with van der Waals surface area (Å²) in [7, 11) is -9.91.